The molecule has 1 heterocycles. The number of ether oxygens (including phenoxy) is 1. The van der Waals surface area contributed by atoms with Crippen molar-refractivity contribution in [1.29, 1.82) is 0 Å². The van der Waals surface area contributed by atoms with Gasteiger partial charge in [-0.2, -0.15) is 13.2 Å². The molecule has 2 N–H and O–H groups in total. The minimum atomic E-state index is -4.56. The largest absolute Gasteiger partial charge is 0.496 e. The first-order valence-corrected chi connectivity index (χ1v) is 7.49. The Balaban J connectivity index is 2.01. The SMILES string of the molecule is COc1ccccc1CCC(=O)N1C[C@@H](C(F)(F)F)[C@H](C(N)=O)C1. The van der Waals surface area contributed by atoms with Crippen molar-refractivity contribution >= 4 is 11.8 Å². The third kappa shape index (κ3) is 3.98. The fourth-order valence-corrected chi connectivity index (χ4v) is 2.94. The van der Waals surface area contributed by atoms with Crippen molar-refractivity contribution in [3.63, 3.8) is 0 Å². The molecule has 0 aliphatic carbocycles. The van der Waals surface area contributed by atoms with Gasteiger partial charge in [0.15, 0.2) is 0 Å². The zero-order valence-corrected chi connectivity index (χ0v) is 13.2. The summed E-state index contributed by atoms with van der Waals surface area (Å²) in [5.74, 6) is -4.13. The zero-order chi connectivity index (χ0) is 17.9. The highest BCUT2D eigenvalue weighted by molar-refractivity contribution is 5.81. The van der Waals surface area contributed by atoms with E-state index in [4.69, 9.17) is 10.5 Å². The molecule has 0 radical (unpaired) electrons. The second-order valence-electron chi connectivity index (χ2n) is 5.77. The molecule has 24 heavy (non-hydrogen) atoms. The second kappa shape index (κ2) is 7.11. The smallest absolute Gasteiger partial charge is 0.394 e. The Morgan fingerprint density at radius 2 is 1.96 bits per heavy atom. The molecule has 1 aromatic carbocycles. The van der Waals surface area contributed by atoms with Gasteiger partial charge in [-0.1, -0.05) is 18.2 Å². The lowest BCUT2D eigenvalue weighted by Crippen LogP contribution is -2.37. The van der Waals surface area contributed by atoms with Gasteiger partial charge >= 0.3 is 6.18 Å². The van der Waals surface area contributed by atoms with Crippen molar-refractivity contribution < 1.29 is 27.5 Å². The fraction of sp³-hybridized carbons (Fsp3) is 0.500. The summed E-state index contributed by atoms with van der Waals surface area (Å²) in [5, 5.41) is 0. The van der Waals surface area contributed by atoms with Gasteiger partial charge in [0.25, 0.3) is 0 Å². The Morgan fingerprint density at radius 1 is 1.29 bits per heavy atom. The van der Waals surface area contributed by atoms with Crippen LogP contribution in [0.3, 0.4) is 0 Å². The van der Waals surface area contributed by atoms with Crippen molar-refractivity contribution in [3.8, 4) is 5.75 Å². The number of carbonyl (C=O) groups is 2. The Labute approximate surface area is 137 Å². The molecule has 132 valence electrons. The van der Waals surface area contributed by atoms with Gasteiger partial charge in [-0.05, 0) is 18.1 Å². The maximum absolute atomic E-state index is 13.0. The molecule has 2 amide bonds. The van der Waals surface area contributed by atoms with Crippen LogP contribution in [0, 0.1) is 11.8 Å². The normalized spacial score (nSPS) is 20.9. The summed E-state index contributed by atoms with van der Waals surface area (Å²) in [5.41, 5.74) is 5.85. The quantitative estimate of drug-likeness (QED) is 0.884. The number of para-hydroxylation sites is 1. The number of amides is 2. The van der Waals surface area contributed by atoms with E-state index in [1.165, 1.54) is 7.11 Å². The van der Waals surface area contributed by atoms with E-state index in [0.717, 1.165) is 10.5 Å². The number of primary amides is 1. The van der Waals surface area contributed by atoms with E-state index < -0.39 is 36.4 Å². The van der Waals surface area contributed by atoms with Crippen molar-refractivity contribution in [2.75, 3.05) is 20.2 Å². The monoisotopic (exact) mass is 344 g/mol. The average Bonchev–Trinajstić information content (AvgIpc) is 2.98. The Bertz CT molecular complexity index is 619. The number of hydrogen-bond donors (Lipinski definition) is 1. The summed E-state index contributed by atoms with van der Waals surface area (Å²) in [7, 11) is 1.51. The van der Waals surface area contributed by atoms with Gasteiger partial charge in [0.1, 0.15) is 5.75 Å². The first kappa shape index (κ1) is 18.1. The van der Waals surface area contributed by atoms with Crippen molar-refractivity contribution in [1.82, 2.24) is 4.90 Å². The van der Waals surface area contributed by atoms with E-state index in [0.29, 0.717) is 12.2 Å². The van der Waals surface area contributed by atoms with E-state index in [9.17, 15) is 22.8 Å². The van der Waals surface area contributed by atoms with Crippen molar-refractivity contribution in [2.24, 2.45) is 17.6 Å². The number of alkyl halides is 3. The van der Waals surface area contributed by atoms with Gasteiger partial charge in [0.2, 0.25) is 11.8 Å². The van der Waals surface area contributed by atoms with E-state index in [2.05, 4.69) is 0 Å². The lowest BCUT2D eigenvalue weighted by Gasteiger charge is -2.18. The number of methoxy groups -OCH3 is 1. The molecule has 0 unspecified atom stereocenters. The third-order valence-electron chi connectivity index (χ3n) is 4.26. The van der Waals surface area contributed by atoms with E-state index in [1.54, 1.807) is 24.3 Å². The molecule has 1 saturated heterocycles. The number of nitrogens with zero attached hydrogens (tertiary/aromatic N) is 1. The van der Waals surface area contributed by atoms with Crippen molar-refractivity contribution in [2.45, 2.75) is 19.0 Å². The second-order valence-corrected chi connectivity index (χ2v) is 5.77. The van der Waals surface area contributed by atoms with Gasteiger partial charge < -0.3 is 15.4 Å². The Kier molecular flexibility index (Phi) is 5.36. The van der Waals surface area contributed by atoms with Crippen LogP contribution in [0.4, 0.5) is 13.2 Å². The maximum Gasteiger partial charge on any atom is 0.394 e. The maximum atomic E-state index is 13.0. The van der Waals surface area contributed by atoms with Crippen LogP contribution < -0.4 is 10.5 Å². The Morgan fingerprint density at radius 3 is 2.50 bits per heavy atom. The topological polar surface area (TPSA) is 72.6 Å². The summed E-state index contributed by atoms with van der Waals surface area (Å²) in [6, 6.07) is 7.12. The van der Waals surface area contributed by atoms with E-state index in [-0.39, 0.29) is 13.0 Å². The van der Waals surface area contributed by atoms with Gasteiger partial charge in [-0.3, -0.25) is 9.59 Å². The Hall–Kier alpha value is -2.25. The van der Waals surface area contributed by atoms with Crippen LogP contribution in [0.15, 0.2) is 24.3 Å². The molecule has 5 nitrogen and oxygen atoms in total. The average molecular weight is 344 g/mol. The molecule has 2 rings (SSSR count). The van der Waals surface area contributed by atoms with E-state index in [1.807, 2.05) is 0 Å². The molecule has 1 aromatic rings. The molecular formula is C16H19F3N2O3. The standard InChI is InChI=1S/C16H19F3N2O3/c1-24-13-5-3-2-4-10(13)6-7-14(22)21-8-11(15(20)23)12(9-21)16(17,18)19/h2-5,11-12H,6-9H2,1H3,(H2,20,23)/t11-,12-/m1/s1. The zero-order valence-electron chi connectivity index (χ0n) is 13.2. The summed E-state index contributed by atoms with van der Waals surface area (Å²) < 4.78 is 44.2. The van der Waals surface area contributed by atoms with Crippen LogP contribution in [0.1, 0.15) is 12.0 Å². The van der Waals surface area contributed by atoms with Gasteiger partial charge in [0.05, 0.1) is 18.9 Å². The number of rotatable bonds is 5. The first-order chi connectivity index (χ1) is 11.2. The summed E-state index contributed by atoms with van der Waals surface area (Å²) >= 11 is 0. The molecule has 0 aromatic heterocycles. The molecule has 2 atom stereocenters. The molecular weight excluding hydrogens is 325 g/mol. The number of halogens is 3. The number of benzene rings is 1. The number of nitrogens with two attached hydrogens (primary N) is 1. The lowest BCUT2D eigenvalue weighted by atomic mass is 9.95. The highest BCUT2D eigenvalue weighted by atomic mass is 19.4. The first-order valence-electron chi connectivity index (χ1n) is 7.49. The number of aryl methyl sites for hydroxylation is 1. The highest BCUT2D eigenvalue weighted by Crippen LogP contribution is 2.37. The predicted molar refractivity (Wildman–Crippen MR) is 80.1 cm³/mol. The molecule has 0 saturated carbocycles. The molecule has 8 heteroatoms. The molecule has 1 aliphatic rings. The van der Waals surface area contributed by atoms with Crippen molar-refractivity contribution in [3.05, 3.63) is 29.8 Å². The van der Waals surface area contributed by atoms with Crippen LogP contribution in [-0.2, 0) is 16.0 Å². The number of carbonyl (C=O) groups excluding carboxylic acids is 2. The summed E-state index contributed by atoms with van der Waals surface area (Å²) in [6.45, 7) is -0.813. The van der Waals surface area contributed by atoms with Crippen LogP contribution in [-0.4, -0.2) is 43.1 Å². The van der Waals surface area contributed by atoms with Crippen LogP contribution in [0.2, 0.25) is 0 Å². The van der Waals surface area contributed by atoms with Crippen LogP contribution in [0.5, 0.6) is 5.75 Å². The molecule has 1 fully saturated rings. The van der Waals surface area contributed by atoms with Crippen LogP contribution in [0.25, 0.3) is 0 Å². The summed E-state index contributed by atoms with van der Waals surface area (Å²) in [6.07, 6.45) is -4.18. The predicted octanol–water partition coefficient (Wildman–Crippen LogP) is 1.75. The minimum Gasteiger partial charge on any atom is -0.496 e. The van der Waals surface area contributed by atoms with Gasteiger partial charge in [-0.15, -0.1) is 0 Å². The molecule has 0 bridgehead atoms. The van der Waals surface area contributed by atoms with Gasteiger partial charge in [-0.25, -0.2) is 0 Å². The van der Waals surface area contributed by atoms with Gasteiger partial charge in [0, 0.05) is 19.5 Å². The minimum absolute atomic E-state index is 0.0381. The van der Waals surface area contributed by atoms with E-state index >= 15 is 0 Å². The fourth-order valence-electron chi connectivity index (χ4n) is 2.94. The number of likely N-dealkylation sites (tertiary alicyclic amines) is 1. The number of hydrogen-bond acceptors (Lipinski definition) is 3. The summed E-state index contributed by atoms with van der Waals surface area (Å²) in [4.78, 5) is 24.6. The lowest BCUT2D eigenvalue weighted by molar-refractivity contribution is -0.182. The molecule has 1 aliphatic heterocycles. The molecule has 0 spiro atoms. The highest BCUT2D eigenvalue weighted by Gasteiger charge is 2.52. The third-order valence-corrected chi connectivity index (χ3v) is 4.26. The van der Waals surface area contributed by atoms with Crippen LogP contribution >= 0.6 is 0 Å².